The first kappa shape index (κ1) is 17.9. The molecule has 1 aliphatic rings. The highest BCUT2D eigenvalue weighted by Crippen LogP contribution is 2.20. The number of sulfonamides is 1. The van der Waals surface area contributed by atoms with Crippen LogP contribution in [0.3, 0.4) is 0 Å². The fourth-order valence-electron chi connectivity index (χ4n) is 3.38. The molecule has 0 bridgehead atoms. The van der Waals surface area contributed by atoms with Crippen LogP contribution in [-0.4, -0.2) is 31.5 Å². The molecule has 4 rings (SSSR count). The average molecular weight is 382 g/mol. The zero-order valence-electron chi connectivity index (χ0n) is 15.2. The van der Waals surface area contributed by atoms with Gasteiger partial charge in [0.1, 0.15) is 11.6 Å². The van der Waals surface area contributed by atoms with Crippen molar-refractivity contribution in [1.29, 1.82) is 0 Å². The van der Waals surface area contributed by atoms with Crippen molar-refractivity contribution in [2.45, 2.75) is 31.2 Å². The first-order chi connectivity index (χ1) is 13.0. The van der Waals surface area contributed by atoms with E-state index in [1.54, 1.807) is 12.1 Å². The maximum atomic E-state index is 12.7. The first-order valence-corrected chi connectivity index (χ1v) is 10.6. The molecule has 1 fully saturated rings. The number of benzene rings is 2. The summed E-state index contributed by atoms with van der Waals surface area (Å²) >= 11 is 0. The highest BCUT2D eigenvalue weighted by molar-refractivity contribution is 7.89. The van der Waals surface area contributed by atoms with Crippen molar-refractivity contribution in [2.24, 2.45) is 0 Å². The summed E-state index contributed by atoms with van der Waals surface area (Å²) in [5.74, 6) is 1.36. The Hall–Kier alpha value is -2.51. The lowest BCUT2D eigenvalue weighted by Crippen LogP contribution is -2.26. The second-order valence-corrected chi connectivity index (χ2v) is 8.58. The third-order valence-corrected chi connectivity index (χ3v) is 6.17. The van der Waals surface area contributed by atoms with E-state index in [-0.39, 0.29) is 11.4 Å². The molecule has 0 atom stereocenters. The molecule has 27 heavy (non-hydrogen) atoms. The van der Waals surface area contributed by atoms with Crippen LogP contribution >= 0.6 is 0 Å². The van der Waals surface area contributed by atoms with Crippen LogP contribution < -0.4 is 9.62 Å². The van der Waals surface area contributed by atoms with Crippen LogP contribution in [0.15, 0.2) is 53.4 Å². The van der Waals surface area contributed by atoms with Gasteiger partial charge in [-0.15, -0.1) is 0 Å². The monoisotopic (exact) mass is 382 g/mol. The number of nitrogens with one attached hydrogen (secondary N) is 1. The SMILES string of the molecule is Cc1cc(N2CCCC2)nc(CNS(=O)(=O)c2ccc3ccccc3c2)n1. The molecule has 6 nitrogen and oxygen atoms in total. The van der Waals surface area contributed by atoms with Gasteiger partial charge >= 0.3 is 0 Å². The molecule has 2 heterocycles. The number of hydrogen-bond donors (Lipinski definition) is 1. The summed E-state index contributed by atoms with van der Waals surface area (Å²) in [6.07, 6.45) is 2.32. The summed E-state index contributed by atoms with van der Waals surface area (Å²) in [5, 5.41) is 1.90. The molecule has 0 aliphatic carbocycles. The van der Waals surface area contributed by atoms with Gasteiger partial charge in [-0.05, 0) is 42.7 Å². The molecule has 1 N–H and O–H groups in total. The number of hydrogen-bond acceptors (Lipinski definition) is 5. The lowest BCUT2D eigenvalue weighted by molar-refractivity contribution is 0.579. The summed E-state index contributed by atoms with van der Waals surface area (Å²) in [4.78, 5) is 11.4. The van der Waals surface area contributed by atoms with E-state index in [0.717, 1.165) is 48.2 Å². The summed E-state index contributed by atoms with van der Waals surface area (Å²) in [6.45, 7) is 3.94. The van der Waals surface area contributed by atoms with E-state index in [1.807, 2.05) is 43.3 Å². The van der Waals surface area contributed by atoms with Gasteiger partial charge in [0, 0.05) is 24.8 Å². The summed E-state index contributed by atoms with van der Waals surface area (Å²) in [7, 11) is -3.64. The predicted octanol–water partition coefficient (Wildman–Crippen LogP) is 3.02. The summed E-state index contributed by atoms with van der Waals surface area (Å²) in [5.41, 5.74) is 0.840. The van der Waals surface area contributed by atoms with Gasteiger partial charge in [-0.25, -0.2) is 23.1 Å². The molecule has 7 heteroatoms. The minimum atomic E-state index is -3.64. The number of fused-ring (bicyclic) bond motifs is 1. The van der Waals surface area contributed by atoms with E-state index < -0.39 is 10.0 Å². The minimum Gasteiger partial charge on any atom is -0.357 e. The second kappa shape index (κ2) is 7.25. The van der Waals surface area contributed by atoms with Gasteiger partial charge in [0.25, 0.3) is 0 Å². The van der Waals surface area contributed by atoms with E-state index in [1.165, 1.54) is 0 Å². The Labute approximate surface area is 159 Å². The van der Waals surface area contributed by atoms with Gasteiger partial charge in [-0.1, -0.05) is 30.3 Å². The summed E-state index contributed by atoms with van der Waals surface area (Å²) in [6, 6.07) is 14.8. The molecule has 0 radical (unpaired) electrons. The molecule has 2 aromatic carbocycles. The highest BCUT2D eigenvalue weighted by Gasteiger charge is 2.18. The lowest BCUT2D eigenvalue weighted by atomic mass is 10.1. The number of nitrogens with zero attached hydrogens (tertiary/aromatic N) is 3. The molecule has 3 aromatic rings. The minimum absolute atomic E-state index is 0.0671. The largest absolute Gasteiger partial charge is 0.357 e. The molecular formula is C20H22N4O2S. The van der Waals surface area contributed by atoms with E-state index in [9.17, 15) is 8.42 Å². The third-order valence-electron chi connectivity index (χ3n) is 4.77. The average Bonchev–Trinajstić information content (AvgIpc) is 3.20. The molecular weight excluding hydrogens is 360 g/mol. The standard InChI is InChI=1S/C20H22N4O2S/c1-15-12-20(24-10-4-5-11-24)23-19(22-15)14-21-27(25,26)18-9-8-16-6-2-3-7-17(16)13-18/h2-3,6-9,12-13,21H,4-5,10-11,14H2,1H3. The number of rotatable bonds is 5. The van der Waals surface area contributed by atoms with Crippen LogP contribution in [0, 0.1) is 6.92 Å². The fraction of sp³-hybridized carbons (Fsp3) is 0.300. The van der Waals surface area contributed by atoms with Crippen LogP contribution in [0.5, 0.6) is 0 Å². The van der Waals surface area contributed by atoms with Gasteiger partial charge in [-0.2, -0.15) is 0 Å². The van der Waals surface area contributed by atoms with Gasteiger partial charge in [0.05, 0.1) is 11.4 Å². The van der Waals surface area contributed by atoms with E-state index in [2.05, 4.69) is 19.6 Å². The third kappa shape index (κ3) is 3.94. The maximum Gasteiger partial charge on any atom is 0.240 e. The topological polar surface area (TPSA) is 75.2 Å². The van der Waals surface area contributed by atoms with Crippen molar-refractivity contribution in [3.05, 3.63) is 60.0 Å². The molecule has 140 valence electrons. The van der Waals surface area contributed by atoms with Gasteiger partial charge < -0.3 is 4.90 Å². The van der Waals surface area contributed by atoms with Crippen LogP contribution in [0.25, 0.3) is 10.8 Å². The molecule has 1 aliphatic heterocycles. The van der Waals surface area contributed by atoms with Gasteiger partial charge in [0.2, 0.25) is 10.0 Å². The van der Waals surface area contributed by atoms with Crippen molar-refractivity contribution < 1.29 is 8.42 Å². The lowest BCUT2D eigenvalue weighted by Gasteiger charge is -2.17. The highest BCUT2D eigenvalue weighted by atomic mass is 32.2. The van der Waals surface area contributed by atoms with Crippen LogP contribution in [0.4, 0.5) is 5.82 Å². The van der Waals surface area contributed by atoms with Crippen molar-refractivity contribution in [1.82, 2.24) is 14.7 Å². The van der Waals surface area contributed by atoms with Crippen LogP contribution in [0.2, 0.25) is 0 Å². The number of aryl methyl sites for hydroxylation is 1. The Morgan fingerprint density at radius 3 is 2.52 bits per heavy atom. The number of aromatic nitrogens is 2. The first-order valence-electron chi connectivity index (χ1n) is 9.09. The maximum absolute atomic E-state index is 12.7. The van der Waals surface area contributed by atoms with Crippen molar-refractivity contribution >= 4 is 26.6 Å². The Morgan fingerprint density at radius 2 is 1.74 bits per heavy atom. The number of anilines is 1. The van der Waals surface area contributed by atoms with E-state index in [4.69, 9.17) is 0 Å². The van der Waals surface area contributed by atoms with Crippen molar-refractivity contribution in [3.63, 3.8) is 0 Å². The van der Waals surface area contributed by atoms with Gasteiger partial charge in [-0.3, -0.25) is 0 Å². The zero-order valence-corrected chi connectivity index (χ0v) is 16.0. The molecule has 0 unspecified atom stereocenters. The van der Waals surface area contributed by atoms with Crippen molar-refractivity contribution in [2.75, 3.05) is 18.0 Å². The molecule has 1 saturated heterocycles. The van der Waals surface area contributed by atoms with Crippen molar-refractivity contribution in [3.8, 4) is 0 Å². The Morgan fingerprint density at radius 1 is 1.00 bits per heavy atom. The summed E-state index contributed by atoms with van der Waals surface area (Å²) < 4.78 is 28.0. The Balaban J connectivity index is 1.54. The fourth-order valence-corrected chi connectivity index (χ4v) is 4.39. The van der Waals surface area contributed by atoms with E-state index >= 15 is 0 Å². The Kier molecular flexibility index (Phi) is 4.80. The molecule has 0 spiro atoms. The zero-order chi connectivity index (χ0) is 18.9. The second-order valence-electron chi connectivity index (χ2n) is 6.81. The molecule has 0 saturated carbocycles. The van der Waals surface area contributed by atoms with Gasteiger partial charge in [0.15, 0.2) is 0 Å². The molecule has 1 aromatic heterocycles. The van der Waals surface area contributed by atoms with Crippen LogP contribution in [-0.2, 0) is 16.6 Å². The van der Waals surface area contributed by atoms with Crippen LogP contribution in [0.1, 0.15) is 24.4 Å². The molecule has 0 amide bonds. The Bertz CT molecular complexity index is 1080. The van der Waals surface area contributed by atoms with E-state index in [0.29, 0.717) is 5.82 Å². The smallest absolute Gasteiger partial charge is 0.240 e. The predicted molar refractivity (Wildman–Crippen MR) is 106 cm³/mol. The normalized spacial score (nSPS) is 14.8. The quantitative estimate of drug-likeness (QED) is 0.734.